The van der Waals surface area contributed by atoms with E-state index in [0.29, 0.717) is 45.0 Å². The van der Waals surface area contributed by atoms with Gasteiger partial charge in [-0.2, -0.15) is 0 Å². The summed E-state index contributed by atoms with van der Waals surface area (Å²) in [5.74, 6) is 3.07. The third-order valence-electron chi connectivity index (χ3n) is 14.0. The molecule has 2 aromatic carbocycles. The SMILES string of the molecule is CC[C@H](C)[C@H](NC(=O)OC)C(=O)N1C[C@@H](C)C[C@H]1c1ncc(-c2cc3c4c(c2)OCc2cc(-c5nc([C@@H]6C[C@H](C)CN6C(=O)[C@@H](NC(=O)OC)[C@@H](C)CC)[nH]c5C(C)C)cc(c2-4)OC3)[nH]1. The van der Waals surface area contributed by atoms with E-state index in [0.717, 1.165) is 80.6 Å². The molecular formula is C49H64N8O8. The van der Waals surface area contributed by atoms with Gasteiger partial charge in [-0.1, -0.05) is 68.2 Å². The summed E-state index contributed by atoms with van der Waals surface area (Å²) in [4.78, 5) is 73.8. The number of carbonyl (C=O) groups excluding carboxylic acids is 4. The van der Waals surface area contributed by atoms with Crippen molar-refractivity contribution in [2.24, 2.45) is 23.7 Å². The molecule has 4 N–H and O–H groups in total. The number of imidazole rings is 2. The second-order valence-electron chi connectivity index (χ2n) is 19.0. The van der Waals surface area contributed by atoms with Crippen molar-refractivity contribution in [1.29, 1.82) is 0 Å². The van der Waals surface area contributed by atoms with E-state index in [2.05, 4.69) is 66.5 Å². The van der Waals surface area contributed by atoms with Gasteiger partial charge in [0.2, 0.25) is 11.8 Å². The third-order valence-corrected chi connectivity index (χ3v) is 14.0. The second kappa shape index (κ2) is 18.4. The quantitative estimate of drug-likeness (QED) is 0.101. The van der Waals surface area contributed by atoms with Crippen molar-refractivity contribution in [3.05, 3.63) is 58.9 Å². The van der Waals surface area contributed by atoms with Crippen LogP contribution in [0.15, 0.2) is 30.5 Å². The number of benzene rings is 2. The van der Waals surface area contributed by atoms with Gasteiger partial charge in [0, 0.05) is 52.2 Å². The van der Waals surface area contributed by atoms with Crippen molar-refractivity contribution in [3.63, 3.8) is 0 Å². The van der Waals surface area contributed by atoms with Gasteiger partial charge in [0.25, 0.3) is 0 Å². The Bertz CT molecular complexity index is 2410. The largest absolute Gasteiger partial charge is 0.488 e. The van der Waals surface area contributed by atoms with Gasteiger partial charge in [-0.25, -0.2) is 19.6 Å². The normalized spacial score (nSPS) is 21.5. The number of amides is 4. The summed E-state index contributed by atoms with van der Waals surface area (Å²) in [6.45, 7) is 18.2. The van der Waals surface area contributed by atoms with E-state index < -0.39 is 24.3 Å². The van der Waals surface area contributed by atoms with Crippen LogP contribution in [-0.4, -0.2) is 93.1 Å². The number of likely N-dealkylation sites (tertiary alicyclic amines) is 2. The fourth-order valence-corrected chi connectivity index (χ4v) is 10.0. The number of ether oxygens (including phenoxy) is 4. The van der Waals surface area contributed by atoms with E-state index in [1.807, 2.05) is 49.8 Å². The van der Waals surface area contributed by atoms with Gasteiger partial charge in [0.05, 0.1) is 43.9 Å². The van der Waals surface area contributed by atoms with Gasteiger partial charge in [-0.3, -0.25) is 9.59 Å². The monoisotopic (exact) mass is 892 g/mol. The number of hydrogen-bond acceptors (Lipinski definition) is 10. The highest BCUT2D eigenvalue weighted by atomic mass is 16.5. The Labute approximate surface area is 380 Å². The number of alkyl carbamates (subject to hydrolysis) is 2. The minimum Gasteiger partial charge on any atom is -0.488 e. The predicted octanol–water partition coefficient (Wildman–Crippen LogP) is 8.40. The van der Waals surface area contributed by atoms with Crippen LogP contribution in [-0.2, 0) is 32.3 Å². The van der Waals surface area contributed by atoms with Crippen LogP contribution < -0.4 is 20.1 Å². The maximum absolute atomic E-state index is 14.2. The fourth-order valence-electron chi connectivity index (χ4n) is 10.0. The molecule has 348 valence electrons. The van der Waals surface area contributed by atoms with Crippen LogP contribution in [0.5, 0.6) is 11.5 Å². The molecular weight excluding hydrogens is 829 g/mol. The Morgan fingerprint density at radius 1 is 0.738 bits per heavy atom. The van der Waals surface area contributed by atoms with Gasteiger partial charge in [-0.05, 0) is 66.7 Å². The third kappa shape index (κ3) is 8.63. The Morgan fingerprint density at radius 3 is 1.72 bits per heavy atom. The zero-order valence-electron chi connectivity index (χ0n) is 39.3. The summed E-state index contributed by atoms with van der Waals surface area (Å²) in [5, 5.41) is 5.58. The highest BCUT2D eigenvalue weighted by Crippen LogP contribution is 2.51. The minimum atomic E-state index is -0.721. The molecule has 6 heterocycles. The number of rotatable bonds is 13. The first-order valence-corrected chi connectivity index (χ1v) is 23.2. The fraction of sp³-hybridized carbons (Fsp3) is 0.551. The first-order chi connectivity index (χ1) is 31.1. The van der Waals surface area contributed by atoms with Crippen LogP contribution in [0.25, 0.3) is 33.6 Å². The van der Waals surface area contributed by atoms with Gasteiger partial charge in [0.15, 0.2) is 0 Å². The van der Waals surface area contributed by atoms with Gasteiger partial charge in [0.1, 0.15) is 48.4 Å². The zero-order chi connectivity index (χ0) is 46.4. The summed E-state index contributed by atoms with van der Waals surface area (Å²) in [7, 11) is 2.61. The molecule has 4 aliphatic heterocycles. The number of nitrogens with one attached hydrogen (secondary N) is 4. The molecule has 2 aromatic heterocycles. The van der Waals surface area contributed by atoms with E-state index in [1.54, 1.807) is 0 Å². The van der Waals surface area contributed by atoms with E-state index in [1.165, 1.54) is 14.2 Å². The molecule has 2 saturated heterocycles. The van der Waals surface area contributed by atoms with Gasteiger partial charge >= 0.3 is 12.2 Å². The maximum atomic E-state index is 14.2. The summed E-state index contributed by atoms with van der Waals surface area (Å²) in [6, 6.07) is 6.36. The Hall–Kier alpha value is -6.06. The molecule has 4 aliphatic rings. The van der Waals surface area contributed by atoms with Crippen molar-refractivity contribution >= 4 is 24.0 Å². The average Bonchev–Trinajstić information content (AvgIpc) is 4.13. The average molecular weight is 893 g/mol. The van der Waals surface area contributed by atoms with E-state index in [-0.39, 0.29) is 53.5 Å². The number of H-pyrrole nitrogens is 2. The van der Waals surface area contributed by atoms with Crippen molar-refractivity contribution in [2.75, 3.05) is 27.3 Å². The molecule has 0 aliphatic carbocycles. The van der Waals surface area contributed by atoms with E-state index in [9.17, 15) is 19.2 Å². The summed E-state index contributed by atoms with van der Waals surface area (Å²) >= 11 is 0. The molecule has 4 aromatic rings. The van der Waals surface area contributed by atoms with Crippen LogP contribution in [0.3, 0.4) is 0 Å². The lowest BCUT2D eigenvalue weighted by atomic mass is 9.87. The number of methoxy groups -OCH3 is 2. The molecule has 2 fully saturated rings. The van der Waals surface area contributed by atoms with Crippen molar-refractivity contribution in [2.45, 2.75) is 124 Å². The predicted molar refractivity (Wildman–Crippen MR) is 244 cm³/mol. The highest BCUT2D eigenvalue weighted by Gasteiger charge is 2.43. The van der Waals surface area contributed by atoms with E-state index >= 15 is 0 Å². The molecule has 0 radical (unpaired) electrons. The number of aromatic nitrogens is 4. The molecule has 8 atom stereocenters. The number of carbonyl (C=O) groups is 4. The van der Waals surface area contributed by atoms with Crippen molar-refractivity contribution in [3.8, 4) is 45.1 Å². The lowest BCUT2D eigenvalue weighted by molar-refractivity contribution is -0.136. The molecule has 0 bridgehead atoms. The van der Waals surface area contributed by atoms with Crippen LogP contribution in [0.1, 0.15) is 128 Å². The lowest BCUT2D eigenvalue weighted by Crippen LogP contribution is -2.51. The standard InChI is InChI=1S/C49H64N8O8/c1-11-27(7)41(54-48(60)62-9)46(58)56-20-25(5)13-34(56)44-50-19-33(51-44)29-15-31-22-65-37-18-30(16-32-23-64-36(17-29)38(31)39(32)37)43-40(24(3)4)52-45(53-43)35-14-26(6)21-57(35)47(59)42(28(8)12-2)55-49(61)63-10/h15-19,24-28,34-35,41-42H,11-14,20-23H2,1-10H3,(H,50,51)(H,52,53)(H,54,60)(H,55,61)/t25-,26-,27-,28-,34-,35-,41-,42-/m0/s1. The maximum Gasteiger partial charge on any atom is 0.407 e. The number of hydrogen-bond donors (Lipinski definition) is 4. The molecule has 8 rings (SSSR count). The topological polar surface area (TPSA) is 193 Å². The Morgan fingerprint density at radius 2 is 1.23 bits per heavy atom. The van der Waals surface area contributed by atoms with Crippen LogP contribution in [0.2, 0.25) is 0 Å². The molecule has 4 amide bonds. The number of aromatic amines is 2. The molecule has 65 heavy (non-hydrogen) atoms. The van der Waals surface area contributed by atoms with Gasteiger partial charge in [-0.15, -0.1) is 0 Å². The Balaban J connectivity index is 1.07. The summed E-state index contributed by atoms with van der Waals surface area (Å²) in [6.07, 6.45) is 3.46. The first-order valence-electron chi connectivity index (χ1n) is 23.2. The van der Waals surface area contributed by atoms with Crippen LogP contribution >= 0.6 is 0 Å². The van der Waals surface area contributed by atoms with Crippen LogP contribution in [0, 0.1) is 23.7 Å². The smallest absolute Gasteiger partial charge is 0.407 e. The second-order valence-corrected chi connectivity index (χ2v) is 19.0. The van der Waals surface area contributed by atoms with Gasteiger partial charge < -0.3 is 49.3 Å². The minimum absolute atomic E-state index is 0.0868. The number of nitrogens with zero attached hydrogens (tertiary/aromatic N) is 4. The first kappa shape index (κ1) is 45.5. The zero-order valence-corrected chi connectivity index (χ0v) is 39.3. The summed E-state index contributed by atoms with van der Waals surface area (Å²) < 4.78 is 22.9. The molecule has 16 heteroatoms. The summed E-state index contributed by atoms with van der Waals surface area (Å²) in [5.41, 5.74) is 8.39. The highest BCUT2D eigenvalue weighted by molar-refractivity contribution is 5.90. The van der Waals surface area contributed by atoms with Crippen molar-refractivity contribution in [1.82, 2.24) is 40.4 Å². The van der Waals surface area contributed by atoms with Crippen molar-refractivity contribution < 1.29 is 38.1 Å². The molecule has 0 saturated carbocycles. The lowest BCUT2D eigenvalue weighted by Gasteiger charge is -2.31. The van der Waals surface area contributed by atoms with Crippen LogP contribution in [0.4, 0.5) is 9.59 Å². The Kier molecular flexibility index (Phi) is 12.9. The van der Waals surface area contributed by atoms with E-state index in [4.69, 9.17) is 28.9 Å². The molecule has 0 unspecified atom stereocenters. The molecule has 0 spiro atoms. The molecule has 16 nitrogen and oxygen atoms in total.